The standard InChI is InChI=1S/C25H20N3/c1-26-15-7-10-20-21-16-17(13-14-22(21)27(2)25(20)26)28-23-11-5-3-8-18(23)19-9-4-6-12-24(19)28/h3-16H,1-2H3/q+1. The van der Waals surface area contributed by atoms with Gasteiger partial charge in [-0.2, -0.15) is 0 Å². The molecule has 0 radical (unpaired) electrons. The average Bonchev–Trinajstić information content (AvgIpc) is 3.21. The van der Waals surface area contributed by atoms with E-state index in [1.807, 2.05) is 0 Å². The van der Waals surface area contributed by atoms with Crippen molar-refractivity contribution >= 4 is 43.7 Å². The third-order valence-electron chi connectivity index (χ3n) is 5.94. The number of nitrogens with zero attached hydrogens (tertiary/aromatic N) is 3. The van der Waals surface area contributed by atoms with E-state index in [0.29, 0.717) is 0 Å². The third-order valence-corrected chi connectivity index (χ3v) is 5.94. The van der Waals surface area contributed by atoms with Crippen LogP contribution in [0, 0.1) is 0 Å². The van der Waals surface area contributed by atoms with E-state index in [0.717, 1.165) is 0 Å². The van der Waals surface area contributed by atoms with Crippen molar-refractivity contribution in [1.29, 1.82) is 0 Å². The quantitative estimate of drug-likeness (QED) is 0.355. The van der Waals surface area contributed by atoms with Gasteiger partial charge in [-0.05, 0) is 42.5 Å². The largest absolute Gasteiger partial charge is 0.309 e. The van der Waals surface area contributed by atoms with Crippen molar-refractivity contribution in [2.24, 2.45) is 14.1 Å². The Morgan fingerprint density at radius 1 is 0.643 bits per heavy atom. The van der Waals surface area contributed by atoms with Crippen LogP contribution in [-0.2, 0) is 14.1 Å². The number of hydrogen-bond donors (Lipinski definition) is 0. The Labute approximate surface area is 162 Å². The van der Waals surface area contributed by atoms with Gasteiger partial charge in [-0.1, -0.05) is 36.4 Å². The van der Waals surface area contributed by atoms with Crippen LogP contribution >= 0.6 is 0 Å². The second-order valence-corrected chi connectivity index (χ2v) is 7.49. The van der Waals surface area contributed by atoms with Crippen molar-refractivity contribution in [3.8, 4) is 5.69 Å². The van der Waals surface area contributed by atoms with Gasteiger partial charge < -0.3 is 4.57 Å². The molecule has 0 saturated heterocycles. The minimum Gasteiger partial charge on any atom is -0.309 e. The van der Waals surface area contributed by atoms with Crippen LogP contribution in [0.2, 0.25) is 0 Å². The topological polar surface area (TPSA) is 13.7 Å². The van der Waals surface area contributed by atoms with E-state index in [2.05, 4.69) is 113 Å². The van der Waals surface area contributed by atoms with E-state index in [4.69, 9.17) is 0 Å². The molecule has 0 fully saturated rings. The molecule has 3 heteroatoms. The molecular formula is C25H20N3+. The number of aromatic nitrogens is 3. The highest BCUT2D eigenvalue weighted by Gasteiger charge is 2.18. The molecule has 6 rings (SSSR count). The van der Waals surface area contributed by atoms with E-state index in [-0.39, 0.29) is 0 Å². The maximum Gasteiger partial charge on any atom is 0.289 e. The summed E-state index contributed by atoms with van der Waals surface area (Å²) in [5.74, 6) is 0. The molecule has 28 heavy (non-hydrogen) atoms. The molecule has 0 unspecified atom stereocenters. The SMILES string of the molecule is Cn1c2ccc(-n3c4ccccc4c4ccccc43)cc2c2ccc[n+](C)c21. The highest BCUT2D eigenvalue weighted by molar-refractivity contribution is 6.10. The summed E-state index contributed by atoms with van der Waals surface area (Å²) < 4.78 is 6.85. The number of hydrogen-bond acceptors (Lipinski definition) is 0. The maximum absolute atomic E-state index is 2.38. The van der Waals surface area contributed by atoms with Crippen molar-refractivity contribution in [3.05, 3.63) is 85.1 Å². The first kappa shape index (κ1) is 15.5. The van der Waals surface area contributed by atoms with Gasteiger partial charge in [-0.3, -0.25) is 0 Å². The van der Waals surface area contributed by atoms with Gasteiger partial charge in [0.15, 0.2) is 0 Å². The van der Waals surface area contributed by atoms with Gasteiger partial charge >= 0.3 is 0 Å². The lowest BCUT2D eigenvalue weighted by Gasteiger charge is -2.08. The molecule has 134 valence electrons. The van der Waals surface area contributed by atoms with Gasteiger partial charge in [-0.25, -0.2) is 9.13 Å². The van der Waals surface area contributed by atoms with Gasteiger partial charge in [0, 0.05) is 21.8 Å². The zero-order valence-electron chi connectivity index (χ0n) is 15.9. The fourth-order valence-corrected chi connectivity index (χ4v) is 4.72. The predicted octanol–water partition coefficient (Wildman–Crippen LogP) is 5.25. The Balaban J connectivity index is 1.76. The van der Waals surface area contributed by atoms with E-state index in [1.54, 1.807) is 0 Å². The highest BCUT2D eigenvalue weighted by atomic mass is 15.1. The number of pyridine rings is 1. The Morgan fingerprint density at radius 3 is 2.00 bits per heavy atom. The summed E-state index contributed by atoms with van der Waals surface area (Å²) in [5, 5.41) is 5.16. The second-order valence-electron chi connectivity index (χ2n) is 7.49. The third kappa shape index (κ3) is 1.91. The van der Waals surface area contributed by atoms with Crippen molar-refractivity contribution in [2.75, 3.05) is 0 Å². The Kier molecular flexibility index (Phi) is 3.01. The lowest BCUT2D eigenvalue weighted by Crippen LogP contribution is -2.29. The molecule has 0 atom stereocenters. The van der Waals surface area contributed by atoms with Gasteiger partial charge in [-0.15, -0.1) is 0 Å². The smallest absolute Gasteiger partial charge is 0.289 e. The molecule has 0 aliphatic carbocycles. The predicted molar refractivity (Wildman–Crippen MR) is 116 cm³/mol. The first-order valence-corrected chi connectivity index (χ1v) is 9.59. The Bertz CT molecular complexity index is 1480. The highest BCUT2D eigenvalue weighted by Crippen LogP contribution is 2.34. The summed E-state index contributed by atoms with van der Waals surface area (Å²) in [4.78, 5) is 0. The van der Waals surface area contributed by atoms with Crippen molar-refractivity contribution in [1.82, 2.24) is 9.13 Å². The second kappa shape index (κ2) is 5.46. The summed E-state index contributed by atoms with van der Waals surface area (Å²) in [6, 6.07) is 28.5. The van der Waals surface area contributed by atoms with Crippen LogP contribution in [0.1, 0.15) is 0 Å². The lowest BCUT2D eigenvalue weighted by molar-refractivity contribution is -0.647. The minimum absolute atomic E-state index is 1.20. The van der Waals surface area contributed by atoms with Gasteiger partial charge in [0.25, 0.3) is 5.65 Å². The van der Waals surface area contributed by atoms with Crippen LogP contribution in [0.15, 0.2) is 85.1 Å². The first-order valence-electron chi connectivity index (χ1n) is 9.59. The fourth-order valence-electron chi connectivity index (χ4n) is 4.72. The number of rotatable bonds is 1. The molecule has 3 nitrogen and oxygen atoms in total. The molecule has 0 aliphatic rings. The molecule has 0 amide bonds. The number of aryl methyl sites for hydroxylation is 2. The van der Waals surface area contributed by atoms with Crippen LogP contribution < -0.4 is 4.57 Å². The Morgan fingerprint density at radius 2 is 1.29 bits per heavy atom. The van der Waals surface area contributed by atoms with Gasteiger partial charge in [0.2, 0.25) is 0 Å². The molecule has 0 aliphatic heterocycles. The molecule has 3 aromatic heterocycles. The molecular weight excluding hydrogens is 342 g/mol. The zero-order valence-corrected chi connectivity index (χ0v) is 15.9. The van der Waals surface area contributed by atoms with Crippen LogP contribution in [0.3, 0.4) is 0 Å². The number of para-hydroxylation sites is 2. The van der Waals surface area contributed by atoms with E-state index >= 15 is 0 Å². The fraction of sp³-hybridized carbons (Fsp3) is 0.0800. The van der Waals surface area contributed by atoms with E-state index < -0.39 is 0 Å². The molecule has 3 aromatic carbocycles. The molecule has 6 aromatic rings. The normalized spacial score (nSPS) is 11.9. The minimum atomic E-state index is 1.20. The summed E-state index contributed by atoms with van der Waals surface area (Å²) >= 11 is 0. The van der Waals surface area contributed by atoms with Crippen molar-refractivity contribution in [2.45, 2.75) is 0 Å². The molecule has 0 N–H and O–H groups in total. The van der Waals surface area contributed by atoms with E-state index in [9.17, 15) is 0 Å². The van der Waals surface area contributed by atoms with Gasteiger partial charge in [0.05, 0.1) is 36.7 Å². The van der Waals surface area contributed by atoms with Crippen molar-refractivity contribution < 1.29 is 4.57 Å². The van der Waals surface area contributed by atoms with Gasteiger partial charge in [0.1, 0.15) is 5.52 Å². The molecule has 0 bridgehead atoms. The average molecular weight is 362 g/mol. The van der Waals surface area contributed by atoms with E-state index in [1.165, 1.54) is 49.4 Å². The Hall–Kier alpha value is -3.59. The van der Waals surface area contributed by atoms with Crippen molar-refractivity contribution in [3.63, 3.8) is 0 Å². The lowest BCUT2D eigenvalue weighted by atomic mass is 10.1. The zero-order chi connectivity index (χ0) is 18.8. The number of fused-ring (bicyclic) bond motifs is 6. The van der Waals surface area contributed by atoms with Crippen LogP contribution in [-0.4, -0.2) is 9.13 Å². The maximum atomic E-state index is 2.38. The molecule has 0 spiro atoms. The van der Waals surface area contributed by atoms with Crippen LogP contribution in [0.4, 0.5) is 0 Å². The van der Waals surface area contributed by atoms with Crippen LogP contribution in [0.5, 0.6) is 0 Å². The molecule has 0 saturated carbocycles. The summed E-state index contributed by atoms with van der Waals surface area (Å²) in [6.07, 6.45) is 2.11. The number of benzene rings is 3. The summed E-state index contributed by atoms with van der Waals surface area (Å²) in [5.41, 5.74) is 6.17. The molecule has 3 heterocycles. The monoisotopic (exact) mass is 362 g/mol. The summed E-state index contributed by atoms with van der Waals surface area (Å²) in [6.45, 7) is 0. The first-order chi connectivity index (χ1) is 13.7. The summed E-state index contributed by atoms with van der Waals surface area (Å²) in [7, 11) is 4.25. The van der Waals surface area contributed by atoms with Crippen LogP contribution in [0.25, 0.3) is 49.4 Å².